The quantitative estimate of drug-likeness (QED) is 0.580. The van der Waals surface area contributed by atoms with Gasteiger partial charge < -0.3 is 10.6 Å². The highest BCUT2D eigenvalue weighted by atomic mass is 35.5. The monoisotopic (exact) mass is 384 g/mol. The van der Waals surface area contributed by atoms with Crippen molar-refractivity contribution in [3.05, 3.63) is 82.3 Å². The number of nitrogens with zero attached hydrogens (tertiary/aromatic N) is 2. The maximum Gasteiger partial charge on any atom is 0.224 e. The number of anilines is 2. The Balaban J connectivity index is 1.53. The molecule has 2 aromatic carbocycles. The summed E-state index contributed by atoms with van der Waals surface area (Å²) in [6.07, 6.45) is 1.42. The Hall–Kier alpha value is -2.66. The first-order valence-corrected chi connectivity index (χ1v) is 9.29. The first-order chi connectivity index (χ1) is 13.1. The van der Waals surface area contributed by atoms with Crippen LogP contribution in [0.15, 0.2) is 54.6 Å². The molecule has 0 saturated heterocycles. The molecule has 0 bridgehead atoms. The van der Waals surface area contributed by atoms with Crippen LogP contribution >= 0.6 is 11.6 Å². The normalized spacial score (nSPS) is 10.6. The van der Waals surface area contributed by atoms with Gasteiger partial charge >= 0.3 is 0 Å². The molecular weight excluding hydrogens is 363 g/mol. The average Bonchev–Trinajstić information content (AvgIpc) is 2.63. The number of hydrogen-bond acceptors (Lipinski definition) is 4. The Morgan fingerprint density at radius 1 is 0.926 bits per heavy atom. The summed E-state index contributed by atoms with van der Waals surface area (Å²) in [5.41, 5.74) is 2.71. The number of halogens is 2. The van der Waals surface area contributed by atoms with Crippen molar-refractivity contribution >= 4 is 23.4 Å². The van der Waals surface area contributed by atoms with Crippen molar-refractivity contribution in [2.24, 2.45) is 0 Å². The largest absolute Gasteiger partial charge is 0.370 e. The van der Waals surface area contributed by atoms with E-state index in [0.717, 1.165) is 29.5 Å². The van der Waals surface area contributed by atoms with Crippen molar-refractivity contribution < 1.29 is 4.39 Å². The van der Waals surface area contributed by atoms with Crippen LogP contribution in [0.2, 0.25) is 5.02 Å². The number of benzene rings is 2. The van der Waals surface area contributed by atoms with Crippen LogP contribution < -0.4 is 10.6 Å². The van der Waals surface area contributed by atoms with Crippen LogP contribution in [0.4, 0.5) is 16.2 Å². The van der Waals surface area contributed by atoms with E-state index in [-0.39, 0.29) is 5.82 Å². The molecule has 4 nitrogen and oxygen atoms in total. The van der Waals surface area contributed by atoms with Gasteiger partial charge in [0.05, 0.1) is 0 Å². The molecule has 0 spiro atoms. The van der Waals surface area contributed by atoms with Gasteiger partial charge in [0.2, 0.25) is 5.95 Å². The lowest BCUT2D eigenvalue weighted by molar-refractivity contribution is 0.610. The predicted octanol–water partition coefficient (Wildman–Crippen LogP) is 4.89. The fourth-order valence-corrected chi connectivity index (χ4v) is 2.99. The fourth-order valence-electron chi connectivity index (χ4n) is 2.78. The molecule has 3 aromatic rings. The highest BCUT2D eigenvalue weighted by Gasteiger charge is 2.04. The van der Waals surface area contributed by atoms with Gasteiger partial charge in [0.25, 0.3) is 0 Å². The van der Waals surface area contributed by atoms with Gasteiger partial charge in [-0.15, -0.1) is 0 Å². The summed E-state index contributed by atoms with van der Waals surface area (Å²) in [5, 5.41) is 7.23. The zero-order valence-electron chi connectivity index (χ0n) is 15.2. The van der Waals surface area contributed by atoms with Crippen molar-refractivity contribution in [3.8, 4) is 0 Å². The molecule has 1 heterocycles. The smallest absolute Gasteiger partial charge is 0.224 e. The highest BCUT2D eigenvalue weighted by Crippen LogP contribution is 2.13. The van der Waals surface area contributed by atoms with Gasteiger partial charge in [-0.05, 0) is 49.1 Å². The van der Waals surface area contributed by atoms with Crippen molar-refractivity contribution in [3.63, 3.8) is 0 Å². The van der Waals surface area contributed by atoms with Crippen LogP contribution in [0.1, 0.15) is 16.8 Å². The summed E-state index contributed by atoms with van der Waals surface area (Å²) in [5.74, 6) is 1.11. The molecule has 0 aliphatic heterocycles. The second-order valence-electron chi connectivity index (χ2n) is 6.29. The fraction of sp³-hybridized carbons (Fsp3) is 0.238. The summed E-state index contributed by atoms with van der Waals surface area (Å²) in [7, 11) is 0. The average molecular weight is 385 g/mol. The SMILES string of the molecule is Cc1cc(NCCc2cccc(Cl)c2)nc(NCCc2ccccc2F)n1. The second kappa shape index (κ2) is 9.33. The number of aryl methyl sites for hydroxylation is 1. The van der Waals surface area contributed by atoms with E-state index < -0.39 is 0 Å². The van der Waals surface area contributed by atoms with Gasteiger partial charge in [0.1, 0.15) is 11.6 Å². The van der Waals surface area contributed by atoms with Crippen LogP contribution in [-0.2, 0) is 12.8 Å². The van der Waals surface area contributed by atoms with E-state index in [4.69, 9.17) is 11.6 Å². The summed E-state index contributed by atoms with van der Waals surface area (Å²) in [6.45, 7) is 3.23. The molecule has 140 valence electrons. The van der Waals surface area contributed by atoms with Crippen molar-refractivity contribution in [1.82, 2.24) is 9.97 Å². The zero-order chi connectivity index (χ0) is 19.1. The molecule has 3 rings (SSSR count). The Morgan fingerprint density at radius 2 is 1.74 bits per heavy atom. The maximum absolute atomic E-state index is 13.7. The number of aromatic nitrogens is 2. The summed E-state index contributed by atoms with van der Waals surface area (Å²) in [6, 6.07) is 16.5. The minimum Gasteiger partial charge on any atom is -0.370 e. The molecule has 0 atom stereocenters. The van der Waals surface area contributed by atoms with Gasteiger partial charge in [-0.1, -0.05) is 41.9 Å². The molecule has 0 fully saturated rings. The number of hydrogen-bond donors (Lipinski definition) is 2. The molecule has 0 saturated carbocycles. The highest BCUT2D eigenvalue weighted by molar-refractivity contribution is 6.30. The van der Waals surface area contributed by atoms with E-state index in [1.807, 2.05) is 37.3 Å². The third-order valence-electron chi connectivity index (χ3n) is 4.10. The minimum atomic E-state index is -0.187. The van der Waals surface area contributed by atoms with Crippen molar-refractivity contribution in [2.45, 2.75) is 19.8 Å². The molecular formula is C21H22ClFN4. The number of rotatable bonds is 8. The topological polar surface area (TPSA) is 49.8 Å². The van der Waals surface area contributed by atoms with Crippen LogP contribution in [0, 0.1) is 12.7 Å². The van der Waals surface area contributed by atoms with Gasteiger partial charge in [0.15, 0.2) is 0 Å². The van der Waals surface area contributed by atoms with Gasteiger partial charge in [-0.3, -0.25) is 0 Å². The third kappa shape index (κ3) is 5.93. The van der Waals surface area contributed by atoms with Crippen LogP contribution in [0.25, 0.3) is 0 Å². The van der Waals surface area contributed by atoms with Gasteiger partial charge in [-0.2, -0.15) is 4.98 Å². The third-order valence-corrected chi connectivity index (χ3v) is 4.33. The van der Waals surface area contributed by atoms with Crippen molar-refractivity contribution in [2.75, 3.05) is 23.7 Å². The Labute approximate surface area is 163 Å². The first-order valence-electron chi connectivity index (χ1n) is 8.91. The Kier molecular flexibility index (Phi) is 6.60. The van der Waals surface area contributed by atoms with E-state index in [9.17, 15) is 4.39 Å². The molecule has 6 heteroatoms. The maximum atomic E-state index is 13.7. The zero-order valence-corrected chi connectivity index (χ0v) is 15.9. The van der Waals surface area contributed by atoms with Gasteiger partial charge in [0, 0.05) is 29.9 Å². The molecule has 0 aliphatic rings. The van der Waals surface area contributed by atoms with Gasteiger partial charge in [-0.25, -0.2) is 9.37 Å². The summed E-state index contributed by atoms with van der Waals surface area (Å²) < 4.78 is 13.7. The van der Waals surface area contributed by atoms with E-state index in [1.165, 1.54) is 11.6 Å². The van der Waals surface area contributed by atoms with E-state index >= 15 is 0 Å². The minimum absolute atomic E-state index is 0.187. The van der Waals surface area contributed by atoms with Crippen molar-refractivity contribution in [1.29, 1.82) is 0 Å². The Bertz CT molecular complexity index is 901. The van der Waals surface area contributed by atoms with Crippen LogP contribution in [-0.4, -0.2) is 23.1 Å². The Morgan fingerprint density at radius 3 is 2.56 bits per heavy atom. The van der Waals surface area contributed by atoms with Crippen LogP contribution in [0.3, 0.4) is 0 Å². The van der Waals surface area contributed by atoms with E-state index in [1.54, 1.807) is 12.1 Å². The predicted molar refractivity (Wildman–Crippen MR) is 109 cm³/mol. The lowest BCUT2D eigenvalue weighted by atomic mass is 10.1. The standard InChI is InChI=1S/C21H22ClFN4/c1-15-13-20(24-11-9-16-5-4-7-18(22)14-16)27-21(26-15)25-12-10-17-6-2-3-8-19(17)23/h2-8,13-14H,9-12H2,1H3,(H2,24,25,26,27). The molecule has 0 unspecified atom stereocenters. The summed E-state index contributed by atoms with van der Waals surface area (Å²) in [4.78, 5) is 8.87. The van der Waals surface area contributed by atoms with E-state index in [0.29, 0.717) is 24.5 Å². The lowest BCUT2D eigenvalue weighted by Gasteiger charge is -2.10. The second-order valence-corrected chi connectivity index (χ2v) is 6.73. The molecule has 2 N–H and O–H groups in total. The number of nitrogens with one attached hydrogen (secondary N) is 2. The molecule has 1 aromatic heterocycles. The molecule has 27 heavy (non-hydrogen) atoms. The first kappa shape index (κ1) is 19.1. The molecule has 0 amide bonds. The lowest BCUT2D eigenvalue weighted by Crippen LogP contribution is -2.12. The molecule has 0 aliphatic carbocycles. The van der Waals surface area contributed by atoms with E-state index in [2.05, 4.69) is 26.7 Å². The van der Waals surface area contributed by atoms with Crippen LogP contribution in [0.5, 0.6) is 0 Å². The molecule has 0 radical (unpaired) electrons. The summed E-state index contributed by atoms with van der Waals surface area (Å²) >= 11 is 6.01.